The van der Waals surface area contributed by atoms with E-state index in [0.29, 0.717) is 63.5 Å². The van der Waals surface area contributed by atoms with E-state index in [1.165, 1.54) is 12.1 Å². The lowest BCUT2D eigenvalue weighted by atomic mass is 9.82. The molecule has 3 aromatic rings. The predicted octanol–water partition coefficient (Wildman–Crippen LogP) is 3.82. The third kappa shape index (κ3) is 4.57. The first-order valence-corrected chi connectivity index (χ1v) is 13.5. The summed E-state index contributed by atoms with van der Waals surface area (Å²) in [6.07, 6.45) is 0.401. The highest BCUT2D eigenvalue weighted by Gasteiger charge is 2.44. The van der Waals surface area contributed by atoms with Gasteiger partial charge in [-0.15, -0.1) is 0 Å². The molecule has 6 rings (SSSR count). The number of hydrogen-bond donors (Lipinski definition) is 0. The number of halogens is 1. The second-order valence-electron chi connectivity index (χ2n) is 10.5. The Balaban J connectivity index is 1.28. The van der Waals surface area contributed by atoms with Gasteiger partial charge in [0.25, 0.3) is 5.69 Å². The molecular weight excluding hydrogens is 511 g/mol. The van der Waals surface area contributed by atoms with E-state index in [0.717, 1.165) is 16.9 Å². The third-order valence-corrected chi connectivity index (χ3v) is 8.37. The average Bonchev–Trinajstić information content (AvgIpc) is 3.00. The number of amides is 1. The Labute approximate surface area is 231 Å². The summed E-state index contributed by atoms with van der Waals surface area (Å²) >= 11 is 0. The molecule has 0 saturated carbocycles. The Hall–Kier alpha value is -4.65. The molecule has 40 heavy (non-hydrogen) atoms. The van der Waals surface area contributed by atoms with Crippen molar-refractivity contribution < 1.29 is 14.1 Å². The number of para-hydroxylation sites is 2. The van der Waals surface area contributed by atoms with Crippen molar-refractivity contribution in [3.63, 3.8) is 0 Å². The molecule has 2 fully saturated rings. The van der Waals surface area contributed by atoms with Gasteiger partial charge in [0.2, 0.25) is 5.91 Å². The highest BCUT2D eigenvalue weighted by molar-refractivity contribution is 5.83. The lowest BCUT2D eigenvalue weighted by Crippen LogP contribution is -2.62. The van der Waals surface area contributed by atoms with Gasteiger partial charge >= 0.3 is 0 Å². The fourth-order valence-corrected chi connectivity index (χ4v) is 6.38. The van der Waals surface area contributed by atoms with E-state index < -0.39 is 10.8 Å². The maximum atomic E-state index is 14.4. The van der Waals surface area contributed by atoms with Crippen molar-refractivity contribution in [3.8, 4) is 6.07 Å². The van der Waals surface area contributed by atoms with Gasteiger partial charge in [0.15, 0.2) is 0 Å². The molecule has 10 heteroatoms. The summed E-state index contributed by atoms with van der Waals surface area (Å²) in [5.41, 5.74) is 3.73. The standard InChI is InChI=1S/C30H29FN6O3/c31-25-6-2-4-8-28(25)33-11-13-34(14-12-33)30(38)24-18-22-17-23(37(39)40)9-10-27(22)36-16-15-35(20-29(24)36)26-7-3-1-5-21(26)19-32/h1-10,17,24,29H,11-16,18,20H2. The quantitative estimate of drug-likeness (QED) is 0.367. The van der Waals surface area contributed by atoms with Gasteiger partial charge in [-0.05, 0) is 42.3 Å². The van der Waals surface area contributed by atoms with Gasteiger partial charge in [-0.2, -0.15) is 5.26 Å². The summed E-state index contributed by atoms with van der Waals surface area (Å²) in [5.74, 6) is -0.675. The van der Waals surface area contributed by atoms with E-state index in [1.807, 2.05) is 34.1 Å². The van der Waals surface area contributed by atoms with E-state index in [-0.39, 0.29) is 23.5 Å². The molecule has 2 unspecified atom stereocenters. The number of non-ortho nitro benzene ring substituents is 1. The Morgan fingerprint density at radius 3 is 2.33 bits per heavy atom. The van der Waals surface area contributed by atoms with E-state index in [2.05, 4.69) is 15.9 Å². The fraction of sp³-hybridized carbons (Fsp3) is 0.333. The van der Waals surface area contributed by atoms with Gasteiger partial charge < -0.3 is 19.6 Å². The molecule has 204 valence electrons. The molecule has 9 nitrogen and oxygen atoms in total. The number of nitro benzene ring substituents is 1. The van der Waals surface area contributed by atoms with Crippen LogP contribution in [-0.2, 0) is 11.2 Å². The van der Waals surface area contributed by atoms with Crippen LogP contribution in [0.2, 0.25) is 0 Å². The highest BCUT2D eigenvalue weighted by atomic mass is 19.1. The number of nitro groups is 1. The molecule has 1 amide bonds. The van der Waals surface area contributed by atoms with Crippen molar-refractivity contribution >= 4 is 28.7 Å². The fourth-order valence-electron chi connectivity index (χ4n) is 6.38. The largest absolute Gasteiger partial charge is 0.367 e. The van der Waals surface area contributed by atoms with Crippen LogP contribution in [0.1, 0.15) is 11.1 Å². The van der Waals surface area contributed by atoms with Crippen molar-refractivity contribution in [2.45, 2.75) is 12.5 Å². The lowest BCUT2D eigenvalue weighted by molar-refractivity contribution is -0.384. The van der Waals surface area contributed by atoms with Gasteiger partial charge in [-0.25, -0.2) is 4.39 Å². The molecule has 0 aromatic heterocycles. The zero-order valence-electron chi connectivity index (χ0n) is 21.9. The molecule has 2 saturated heterocycles. The minimum Gasteiger partial charge on any atom is -0.367 e. The Morgan fingerprint density at radius 1 is 0.900 bits per heavy atom. The number of nitriles is 1. The monoisotopic (exact) mass is 540 g/mol. The number of carbonyl (C=O) groups excluding carboxylic acids is 1. The summed E-state index contributed by atoms with van der Waals surface area (Å²) in [6, 6.07) is 21.2. The number of benzene rings is 3. The van der Waals surface area contributed by atoms with Crippen LogP contribution in [0.5, 0.6) is 0 Å². The number of hydrogen-bond acceptors (Lipinski definition) is 7. The number of anilines is 3. The Morgan fingerprint density at radius 2 is 1.60 bits per heavy atom. The highest BCUT2D eigenvalue weighted by Crippen LogP contribution is 2.39. The van der Waals surface area contributed by atoms with Gasteiger partial charge in [0.1, 0.15) is 11.9 Å². The average molecular weight is 541 g/mol. The third-order valence-electron chi connectivity index (χ3n) is 8.37. The maximum absolute atomic E-state index is 14.4. The molecule has 0 spiro atoms. The van der Waals surface area contributed by atoms with E-state index in [4.69, 9.17) is 0 Å². The first-order valence-electron chi connectivity index (χ1n) is 13.5. The van der Waals surface area contributed by atoms with Crippen LogP contribution in [0.3, 0.4) is 0 Å². The predicted molar refractivity (Wildman–Crippen MR) is 150 cm³/mol. The van der Waals surface area contributed by atoms with Crippen molar-refractivity contribution in [1.29, 1.82) is 5.26 Å². The SMILES string of the molecule is N#Cc1ccccc1N1CCN2c3ccc([N+](=O)[O-])cc3CC(C(=O)N3CCN(c4ccccc4F)CC3)C2C1. The zero-order chi connectivity index (χ0) is 27.8. The van der Waals surface area contributed by atoms with Gasteiger partial charge in [-0.3, -0.25) is 14.9 Å². The molecular formula is C30H29FN6O3. The summed E-state index contributed by atoms with van der Waals surface area (Å²) in [6.45, 7) is 3.84. The molecule has 0 N–H and O–H groups in total. The molecule has 0 aliphatic carbocycles. The lowest BCUT2D eigenvalue weighted by Gasteiger charge is -2.50. The normalized spacial score (nSPS) is 20.4. The number of rotatable bonds is 4. The Bertz CT molecular complexity index is 1500. The number of carbonyl (C=O) groups is 1. The van der Waals surface area contributed by atoms with E-state index in [1.54, 1.807) is 30.3 Å². The Kier molecular flexibility index (Phi) is 6.72. The van der Waals surface area contributed by atoms with Crippen LogP contribution in [0.15, 0.2) is 66.7 Å². The van der Waals surface area contributed by atoms with Crippen LogP contribution in [0, 0.1) is 33.2 Å². The van der Waals surface area contributed by atoms with Crippen LogP contribution in [0.4, 0.5) is 27.1 Å². The topological polar surface area (TPSA) is 97.0 Å². The first kappa shape index (κ1) is 25.6. The van der Waals surface area contributed by atoms with Crippen LogP contribution in [0.25, 0.3) is 0 Å². The minimum atomic E-state index is -0.411. The van der Waals surface area contributed by atoms with Gasteiger partial charge in [0, 0.05) is 63.6 Å². The molecule has 0 bridgehead atoms. The minimum absolute atomic E-state index is 0.00996. The summed E-state index contributed by atoms with van der Waals surface area (Å²) in [4.78, 5) is 33.4. The van der Waals surface area contributed by atoms with Crippen LogP contribution in [-0.4, -0.2) is 67.6 Å². The number of fused-ring (bicyclic) bond motifs is 3. The van der Waals surface area contributed by atoms with Crippen LogP contribution < -0.4 is 14.7 Å². The maximum Gasteiger partial charge on any atom is 0.269 e. The second kappa shape index (κ2) is 10.5. The number of nitrogens with zero attached hydrogens (tertiary/aromatic N) is 6. The summed E-state index contributed by atoms with van der Waals surface area (Å²) in [7, 11) is 0. The van der Waals surface area contributed by atoms with Crippen molar-refractivity contribution in [2.75, 3.05) is 60.5 Å². The van der Waals surface area contributed by atoms with Crippen molar-refractivity contribution in [2.24, 2.45) is 5.92 Å². The smallest absolute Gasteiger partial charge is 0.269 e. The molecule has 3 aliphatic heterocycles. The molecule has 0 radical (unpaired) electrons. The van der Waals surface area contributed by atoms with Crippen LogP contribution >= 0.6 is 0 Å². The zero-order valence-corrected chi connectivity index (χ0v) is 21.9. The summed E-state index contributed by atoms with van der Waals surface area (Å²) in [5, 5.41) is 21.2. The van der Waals surface area contributed by atoms with Crippen molar-refractivity contribution in [3.05, 3.63) is 93.8 Å². The first-order chi connectivity index (χ1) is 19.4. The van der Waals surface area contributed by atoms with E-state index >= 15 is 0 Å². The second-order valence-corrected chi connectivity index (χ2v) is 10.5. The molecule has 3 aliphatic rings. The van der Waals surface area contributed by atoms with Crippen molar-refractivity contribution in [1.82, 2.24) is 4.90 Å². The molecule has 2 atom stereocenters. The van der Waals surface area contributed by atoms with Gasteiger partial charge in [-0.1, -0.05) is 24.3 Å². The molecule has 3 aromatic carbocycles. The van der Waals surface area contributed by atoms with E-state index in [9.17, 15) is 24.6 Å². The number of piperazine rings is 2. The summed E-state index contributed by atoms with van der Waals surface area (Å²) < 4.78 is 14.4. The molecule has 3 heterocycles. The van der Waals surface area contributed by atoms with Gasteiger partial charge in [0.05, 0.1) is 33.8 Å².